The molecule has 0 unspecified atom stereocenters. The van der Waals surface area contributed by atoms with Gasteiger partial charge in [0.2, 0.25) is 17.0 Å². The molecule has 7 nitrogen and oxygen atoms in total. The van der Waals surface area contributed by atoms with Crippen molar-refractivity contribution in [3.8, 4) is 0 Å². The quantitative estimate of drug-likeness (QED) is 0.389. The summed E-state index contributed by atoms with van der Waals surface area (Å²) < 4.78 is 0. The largest absolute Gasteiger partial charge is 0.338 e. The second-order valence-corrected chi connectivity index (χ2v) is 5.53. The number of amides is 1. The number of nitro groups is 1. The van der Waals surface area contributed by atoms with E-state index in [4.69, 9.17) is 11.6 Å². The molecule has 1 aromatic heterocycles. The number of thioether (sulfide) groups is 1. The van der Waals surface area contributed by atoms with Gasteiger partial charge in [0, 0.05) is 12.7 Å². The van der Waals surface area contributed by atoms with Crippen LogP contribution in [0.3, 0.4) is 0 Å². The van der Waals surface area contributed by atoms with E-state index < -0.39 is 4.92 Å². The molecule has 0 spiro atoms. The molecule has 114 valence electrons. The molecule has 1 heterocycles. The van der Waals surface area contributed by atoms with Crippen molar-refractivity contribution in [1.29, 1.82) is 0 Å². The third kappa shape index (κ3) is 4.15. The van der Waals surface area contributed by atoms with Gasteiger partial charge in [-0.1, -0.05) is 53.7 Å². The number of halogens is 1. The van der Waals surface area contributed by atoms with Crippen LogP contribution in [0.5, 0.6) is 0 Å². The number of anilines is 1. The van der Waals surface area contributed by atoms with Crippen LogP contribution in [0.25, 0.3) is 0 Å². The lowest BCUT2D eigenvalue weighted by atomic mass is 10.2. The van der Waals surface area contributed by atoms with E-state index in [-0.39, 0.29) is 27.7 Å². The topological polar surface area (TPSA) is 98.0 Å². The van der Waals surface area contributed by atoms with Gasteiger partial charge in [0.1, 0.15) is 0 Å². The number of rotatable bonds is 5. The van der Waals surface area contributed by atoms with E-state index in [1.807, 2.05) is 30.3 Å². The molecule has 0 saturated heterocycles. The first-order valence-electron chi connectivity index (χ1n) is 6.13. The van der Waals surface area contributed by atoms with Crippen molar-refractivity contribution in [3.63, 3.8) is 0 Å². The summed E-state index contributed by atoms with van der Waals surface area (Å²) in [5.74, 6) is 0.0386. The monoisotopic (exact) mass is 338 g/mol. The Morgan fingerprint density at radius 2 is 2.05 bits per heavy atom. The van der Waals surface area contributed by atoms with Crippen LogP contribution < -0.4 is 5.32 Å². The van der Waals surface area contributed by atoms with Crippen molar-refractivity contribution in [2.24, 2.45) is 0 Å². The highest BCUT2D eigenvalue weighted by atomic mass is 35.5. The molecule has 0 atom stereocenters. The summed E-state index contributed by atoms with van der Waals surface area (Å²) in [5, 5.41) is 13.3. The zero-order chi connectivity index (χ0) is 16.1. The van der Waals surface area contributed by atoms with Crippen molar-refractivity contribution in [3.05, 3.63) is 51.2 Å². The van der Waals surface area contributed by atoms with Gasteiger partial charge in [-0.15, -0.1) is 0 Å². The normalized spacial score (nSPS) is 10.3. The van der Waals surface area contributed by atoms with Crippen molar-refractivity contribution in [2.45, 2.75) is 17.7 Å². The molecule has 22 heavy (non-hydrogen) atoms. The Morgan fingerprint density at radius 1 is 1.36 bits per heavy atom. The van der Waals surface area contributed by atoms with Crippen LogP contribution in [0.1, 0.15) is 12.5 Å². The molecule has 0 aliphatic rings. The summed E-state index contributed by atoms with van der Waals surface area (Å²) in [6, 6.07) is 9.43. The number of hydrogen-bond acceptors (Lipinski definition) is 6. The molecular weight excluding hydrogens is 328 g/mol. The number of hydrogen-bond donors (Lipinski definition) is 1. The highest BCUT2D eigenvalue weighted by Crippen LogP contribution is 2.35. The molecule has 0 fully saturated rings. The van der Waals surface area contributed by atoms with Crippen molar-refractivity contribution in [2.75, 3.05) is 5.32 Å². The van der Waals surface area contributed by atoms with Gasteiger partial charge in [-0.2, -0.15) is 9.97 Å². The van der Waals surface area contributed by atoms with Crippen LogP contribution in [0.2, 0.25) is 5.15 Å². The molecule has 0 aliphatic heterocycles. The first-order chi connectivity index (χ1) is 10.5. The zero-order valence-corrected chi connectivity index (χ0v) is 13.0. The van der Waals surface area contributed by atoms with Gasteiger partial charge in [-0.05, 0) is 5.56 Å². The molecule has 1 aromatic carbocycles. The van der Waals surface area contributed by atoms with Crippen LogP contribution in [0.4, 0.5) is 11.6 Å². The highest BCUT2D eigenvalue weighted by Gasteiger charge is 2.24. The Balaban J connectivity index is 2.31. The number of nitrogens with one attached hydrogen (secondary N) is 1. The highest BCUT2D eigenvalue weighted by molar-refractivity contribution is 7.98. The minimum atomic E-state index is -0.632. The van der Waals surface area contributed by atoms with E-state index in [2.05, 4.69) is 15.3 Å². The third-order valence-corrected chi connectivity index (χ3v) is 3.80. The Hall–Kier alpha value is -2.19. The van der Waals surface area contributed by atoms with E-state index in [0.29, 0.717) is 5.75 Å². The van der Waals surface area contributed by atoms with E-state index in [0.717, 1.165) is 17.3 Å². The fraction of sp³-hybridized carbons (Fsp3) is 0.154. The fourth-order valence-electron chi connectivity index (χ4n) is 1.60. The SMILES string of the molecule is CC(=O)Nc1nc(Cl)c([N+](=O)[O-])c(SCc2ccccc2)n1. The molecular formula is C13H11ClN4O3S. The van der Waals surface area contributed by atoms with Gasteiger partial charge >= 0.3 is 5.69 Å². The van der Waals surface area contributed by atoms with Gasteiger partial charge in [-0.25, -0.2) is 0 Å². The Bertz CT molecular complexity index is 712. The van der Waals surface area contributed by atoms with Crippen molar-refractivity contribution >= 4 is 40.9 Å². The Labute approximate surface area is 135 Å². The van der Waals surface area contributed by atoms with Gasteiger partial charge < -0.3 is 0 Å². The van der Waals surface area contributed by atoms with Crippen LogP contribution in [0, 0.1) is 10.1 Å². The predicted octanol–water partition coefficient (Wildman–Crippen LogP) is 3.29. The Kier molecular flexibility index (Phi) is 5.29. The number of nitrogens with zero attached hydrogens (tertiary/aromatic N) is 3. The number of benzene rings is 1. The van der Waals surface area contributed by atoms with Gasteiger partial charge in [0.25, 0.3) is 0 Å². The van der Waals surface area contributed by atoms with Crippen molar-refractivity contribution < 1.29 is 9.72 Å². The molecule has 1 amide bonds. The summed E-state index contributed by atoms with van der Waals surface area (Å²) in [7, 11) is 0. The number of aromatic nitrogens is 2. The smallest absolute Gasteiger partial charge is 0.295 e. The maximum atomic E-state index is 11.1. The minimum absolute atomic E-state index is 0.0568. The van der Waals surface area contributed by atoms with E-state index in [1.165, 1.54) is 6.92 Å². The summed E-state index contributed by atoms with van der Waals surface area (Å²) in [5.41, 5.74) is 0.620. The number of carbonyl (C=O) groups is 1. The van der Waals surface area contributed by atoms with E-state index >= 15 is 0 Å². The molecule has 0 saturated carbocycles. The standard InChI is InChI=1S/C13H11ClN4O3S/c1-8(19)15-13-16-11(14)10(18(20)21)12(17-13)22-7-9-5-3-2-4-6-9/h2-6H,7H2,1H3,(H,15,16,17,19). The van der Waals surface area contributed by atoms with Crippen LogP contribution in [-0.4, -0.2) is 20.8 Å². The molecule has 0 radical (unpaired) electrons. The lowest BCUT2D eigenvalue weighted by Crippen LogP contribution is -2.11. The van der Waals surface area contributed by atoms with E-state index in [1.54, 1.807) is 0 Å². The summed E-state index contributed by atoms with van der Waals surface area (Å²) in [6.07, 6.45) is 0. The fourth-order valence-corrected chi connectivity index (χ4v) is 2.85. The third-order valence-electron chi connectivity index (χ3n) is 2.50. The minimum Gasteiger partial charge on any atom is -0.295 e. The molecule has 2 rings (SSSR count). The summed E-state index contributed by atoms with van der Waals surface area (Å²) in [4.78, 5) is 29.3. The first kappa shape index (κ1) is 16.2. The molecule has 2 aromatic rings. The second kappa shape index (κ2) is 7.19. The van der Waals surface area contributed by atoms with E-state index in [9.17, 15) is 14.9 Å². The second-order valence-electron chi connectivity index (χ2n) is 4.20. The summed E-state index contributed by atoms with van der Waals surface area (Å²) in [6.45, 7) is 1.29. The van der Waals surface area contributed by atoms with Crippen LogP contribution >= 0.6 is 23.4 Å². The van der Waals surface area contributed by atoms with Gasteiger partial charge in [0.15, 0.2) is 5.03 Å². The molecule has 9 heteroatoms. The first-order valence-corrected chi connectivity index (χ1v) is 7.50. The number of carbonyl (C=O) groups excluding carboxylic acids is 1. The Morgan fingerprint density at radius 3 is 2.64 bits per heavy atom. The predicted molar refractivity (Wildman–Crippen MR) is 84.0 cm³/mol. The summed E-state index contributed by atoms with van der Waals surface area (Å²) >= 11 is 6.99. The maximum Gasteiger partial charge on any atom is 0.338 e. The maximum absolute atomic E-state index is 11.1. The van der Waals surface area contributed by atoms with Crippen molar-refractivity contribution in [1.82, 2.24) is 9.97 Å². The van der Waals surface area contributed by atoms with Crippen LogP contribution in [0.15, 0.2) is 35.4 Å². The van der Waals surface area contributed by atoms with Gasteiger partial charge in [0.05, 0.1) is 4.92 Å². The van der Waals surface area contributed by atoms with Crippen LogP contribution in [-0.2, 0) is 10.5 Å². The molecule has 0 bridgehead atoms. The zero-order valence-electron chi connectivity index (χ0n) is 11.4. The lowest BCUT2D eigenvalue weighted by Gasteiger charge is -2.06. The average molecular weight is 339 g/mol. The lowest BCUT2D eigenvalue weighted by molar-refractivity contribution is -0.388. The molecule has 0 aliphatic carbocycles. The molecule has 1 N–H and O–H groups in total. The van der Waals surface area contributed by atoms with Gasteiger partial charge in [-0.3, -0.25) is 20.2 Å². The average Bonchev–Trinajstić information content (AvgIpc) is 2.44.